The maximum Gasteiger partial charge on any atom is 0.228 e. The number of benzene rings is 1. The number of alkyl halides is 1. The van der Waals surface area contributed by atoms with Gasteiger partial charge < -0.3 is 10.0 Å². The molecule has 16 heavy (non-hydrogen) atoms. The predicted molar refractivity (Wildman–Crippen MR) is 67.8 cm³/mol. The van der Waals surface area contributed by atoms with E-state index >= 15 is 0 Å². The van der Waals surface area contributed by atoms with E-state index in [0.717, 1.165) is 0 Å². The molecule has 6 heteroatoms. The number of amides is 1. The van der Waals surface area contributed by atoms with Crippen LogP contribution in [0.3, 0.4) is 0 Å². The lowest BCUT2D eigenvalue weighted by Crippen LogP contribution is -2.24. The predicted octanol–water partition coefficient (Wildman–Crippen LogP) is 3.20. The van der Waals surface area contributed by atoms with E-state index in [1.54, 1.807) is 0 Å². The summed E-state index contributed by atoms with van der Waals surface area (Å²) >= 11 is 15.0. The van der Waals surface area contributed by atoms with Crippen molar-refractivity contribution < 1.29 is 9.90 Å². The Labute approximate surface area is 111 Å². The molecule has 1 aliphatic heterocycles. The van der Waals surface area contributed by atoms with Gasteiger partial charge in [-0.15, -0.1) is 0 Å². The lowest BCUT2D eigenvalue weighted by molar-refractivity contribution is -0.117. The van der Waals surface area contributed by atoms with Crippen LogP contribution in [0.25, 0.3) is 0 Å². The largest absolute Gasteiger partial charge is 0.504 e. The minimum Gasteiger partial charge on any atom is -0.504 e. The van der Waals surface area contributed by atoms with Crippen molar-refractivity contribution in [2.24, 2.45) is 0 Å². The van der Waals surface area contributed by atoms with Gasteiger partial charge in [0.25, 0.3) is 0 Å². The zero-order chi connectivity index (χ0) is 11.9. The maximum absolute atomic E-state index is 11.7. The summed E-state index contributed by atoms with van der Waals surface area (Å²) in [7, 11) is 0. The monoisotopic (exact) mass is 323 g/mol. The number of halogens is 3. The van der Waals surface area contributed by atoms with E-state index in [2.05, 4.69) is 15.9 Å². The number of anilines is 1. The highest BCUT2D eigenvalue weighted by molar-refractivity contribution is 9.09. The third-order valence-corrected chi connectivity index (χ3v) is 3.50. The van der Waals surface area contributed by atoms with E-state index in [4.69, 9.17) is 23.2 Å². The molecule has 0 saturated carbocycles. The third-order valence-electron chi connectivity index (χ3n) is 2.38. The Morgan fingerprint density at radius 2 is 2.12 bits per heavy atom. The molecule has 1 fully saturated rings. The summed E-state index contributed by atoms with van der Waals surface area (Å²) in [5.41, 5.74) is 0.365. The minimum absolute atomic E-state index is 0.0597. The number of rotatable bonds is 1. The number of aromatic hydroxyl groups is 1. The second-order valence-corrected chi connectivity index (χ2v) is 5.70. The summed E-state index contributed by atoms with van der Waals surface area (Å²) in [4.78, 5) is 13.2. The van der Waals surface area contributed by atoms with Crippen molar-refractivity contribution >= 4 is 50.7 Å². The molecule has 0 radical (unpaired) electrons. The first-order valence-electron chi connectivity index (χ1n) is 4.61. The molecule has 1 unspecified atom stereocenters. The van der Waals surface area contributed by atoms with E-state index < -0.39 is 0 Å². The molecular formula is C10H8BrCl2NO2. The normalized spacial score (nSPS) is 20.6. The Hall–Kier alpha value is -0.450. The topological polar surface area (TPSA) is 40.5 Å². The van der Waals surface area contributed by atoms with Crippen LogP contribution >= 0.6 is 39.1 Å². The van der Waals surface area contributed by atoms with Gasteiger partial charge in [-0.05, 0) is 12.1 Å². The zero-order valence-electron chi connectivity index (χ0n) is 8.08. The minimum atomic E-state index is -0.110. The van der Waals surface area contributed by atoms with E-state index in [-0.39, 0.29) is 21.5 Å². The number of hydrogen-bond donors (Lipinski definition) is 1. The molecule has 0 bridgehead atoms. The van der Waals surface area contributed by atoms with Gasteiger partial charge >= 0.3 is 0 Å². The van der Waals surface area contributed by atoms with Gasteiger partial charge in [0.15, 0.2) is 5.75 Å². The SMILES string of the molecule is O=C1CC(Br)CN1c1cc(Cl)cc(Cl)c1O. The first kappa shape index (κ1) is 12.0. The third kappa shape index (κ3) is 2.14. The summed E-state index contributed by atoms with van der Waals surface area (Å²) in [5, 5.41) is 10.3. The lowest BCUT2D eigenvalue weighted by Gasteiger charge is -2.18. The van der Waals surface area contributed by atoms with Crippen molar-refractivity contribution in [1.29, 1.82) is 0 Å². The number of phenolic OH excluding ortho intramolecular Hbond substituents is 1. The Morgan fingerprint density at radius 1 is 1.44 bits per heavy atom. The second-order valence-electron chi connectivity index (χ2n) is 3.56. The van der Waals surface area contributed by atoms with Gasteiger partial charge in [0.1, 0.15) is 0 Å². The van der Waals surface area contributed by atoms with Crippen molar-refractivity contribution in [3.05, 3.63) is 22.2 Å². The zero-order valence-corrected chi connectivity index (χ0v) is 11.2. The standard InChI is InChI=1S/C10H8BrCl2NO2/c11-5-1-9(15)14(4-5)8-3-6(12)2-7(13)10(8)16/h2-3,5,16H,1,4H2. The molecule has 1 aliphatic rings. The molecular weight excluding hydrogens is 317 g/mol. The molecule has 1 atom stereocenters. The Kier molecular flexibility index (Phi) is 3.33. The summed E-state index contributed by atoms with van der Waals surface area (Å²) in [6.07, 6.45) is 0.406. The van der Waals surface area contributed by atoms with Crippen molar-refractivity contribution in [3.8, 4) is 5.75 Å². The summed E-state index contributed by atoms with van der Waals surface area (Å²) < 4.78 is 0. The Balaban J connectivity index is 2.44. The average molecular weight is 325 g/mol. The van der Waals surface area contributed by atoms with Crippen LogP contribution in [-0.4, -0.2) is 22.4 Å². The molecule has 1 N–H and O–H groups in total. The fraction of sp³-hybridized carbons (Fsp3) is 0.300. The number of phenols is 1. The lowest BCUT2D eigenvalue weighted by atomic mass is 10.2. The molecule has 0 aliphatic carbocycles. The molecule has 3 nitrogen and oxygen atoms in total. The van der Waals surface area contributed by atoms with Gasteiger partial charge in [-0.3, -0.25) is 4.79 Å². The number of carbonyl (C=O) groups excluding carboxylic acids is 1. The van der Waals surface area contributed by atoms with Crippen LogP contribution in [0, 0.1) is 0 Å². The quantitative estimate of drug-likeness (QED) is 0.806. The fourth-order valence-electron chi connectivity index (χ4n) is 1.65. The molecule has 1 aromatic carbocycles. The summed E-state index contributed by atoms with van der Waals surface area (Å²) in [5.74, 6) is -0.170. The smallest absolute Gasteiger partial charge is 0.228 e. The van der Waals surface area contributed by atoms with E-state index in [9.17, 15) is 9.90 Å². The molecule has 1 heterocycles. The van der Waals surface area contributed by atoms with Crippen LogP contribution in [0.5, 0.6) is 5.75 Å². The Bertz CT molecular complexity index is 453. The maximum atomic E-state index is 11.7. The van der Waals surface area contributed by atoms with Crippen LogP contribution in [-0.2, 0) is 4.79 Å². The van der Waals surface area contributed by atoms with E-state index in [1.807, 2.05) is 0 Å². The summed E-state index contributed by atoms with van der Waals surface area (Å²) in [6.45, 7) is 0.503. The first-order valence-corrected chi connectivity index (χ1v) is 6.28. The molecule has 0 spiro atoms. The highest BCUT2D eigenvalue weighted by Gasteiger charge is 2.31. The molecule has 86 valence electrons. The van der Waals surface area contributed by atoms with Crippen molar-refractivity contribution in [2.45, 2.75) is 11.2 Å². The van der Waals surface area contributed by atoms with Crippen LogP contribution in [0.1, 0.15) is 6.42 Å². The highest BCUT2D eigenvalue weighted by atomic mass is 79.9. The van der Waals surface area contributed by atoms with Gasteiger partial charge in [0.05, 0.1) is 10.7 Å². The van der Waals surface area contributed by atoms with Gasteiger partial charge in [-0.2, -0.15) is 0 Å². The molecule has 1 aromatic rings. The molecule has 2 rings (SSSR count). The number of hydrogen-bond acceptors (Lipinski definition) is 2. The molecule has 1 amide bonds. The van der Waals surface area contributed by atoms with Crippen LogP contribution in [0.15, 0.2) is 12.1 Å². The Morgan fingerprint density at radius 3 is 2.69 bits per heavy atom. The van der Waals surface area contributed by atoms with Crippen molar-refractivity contribution in [3.63, 3.8) is 0 Å². The van der Waals surface area contributed by atoms with Gasteiger partial charge in [-0.1, -0.05) is 39.1 Å². The van der Waals surface area contributed by atoms with Crippen LogP contribution in [0.4, 0.5) is 5.69 Å². The fourth-order valence-corrected chi connectivity index (χ4v) is 2.70. The highest BCUT2D eigenvalue weighted by Crippen LogP contribution is 2.39. The summed E-state index contributed by atoms with van der Waals surface area (Å²) in [6, 6.07) is 2.97. The number of nitrogens with zero attached hydrogens (tertiary/aromatic N) is 1. The van der Waals surface area contributed by atoms with Gasteiger partial charge in [-0.25, -0.2) is 0 Å². The van der Waals surface area contributed by atoms with E-state index in [1.165, 1.54) is 17.0 Å². The first-order chi connectivity index (χ1) is 7.49. The average Bonchev–Trinajstić information content (AvgIpc) is 2.51. The van der Waals surface area contributed by atoms with Crippen molar-refractivity contribution in [2.75, 3.05) is 11.4 Å². The van der Waals surface area contributed by atoms with Crippen LogP contribution in [0.2, 0.25) is 10.0 Å². The van der Waals surface area contributed by atoms with Gasteiger partial charge in [0.2, 0.25) is 5.91 Å². The molecule has 1 saturated heterocycles. The molecule has 0 aromatic heterocycles. The second kappa shape index (κ2) is 4.43. The van der Waals surface area contributed by atoms with Crippen LogP contribution < -0.4 is 4.90 Å². The van der Waals surface area contributed by atoms with Crippen molar-refractivity contribution in [1.82, 2.24) is 0 Å². The number of carbonyl (C=O) groups is 1. The van der Waals surface area contributed by atoms with E-state index in [0.29, 0.717) is 23.7 Å². The van der Waals surface area contributed by atoms with Gasteiger partial charge in [0, 0.05) is 22.8 Å².